The van der Waals surface area contributed by atoms with Crippen LogP contribution in [-0.2, 0) is 31.5 Å². The number of aliphatic carboxylic acids is 1. The third-order valence-corrected chi connectivity index (χ3v) is 7.65. The molecule has 2 N–H and O–H groups in total. The lowest BCUT2D eigenvalue weighted by Gasteiger charge is -2.42. The monoisotopic (exact) mass is 606 g/mol. The van der Waals surface area contributed by atoms with E-state index >= 15 is 0 Å². The smallest absolute Gasteiger partial charge is 0.475 e. The molecule has 1 aliphatic heterocycles. The van der Waals surface area contributed by atoms with E-state index in [9.17, 15) is 35.2 Å². The molecule has 1 saturated heterocycles. The van der Waals surface area contributed by atoms with Gasteiger partial charge in [-0.1, -0.05) is 12.1 Å². The van der Waals surface area contributed by atoms with Crippen molar-refractivity contribution in [2.45, 2.75) is 49.7 Å². The number of likely N-dealkylation sites (tertiary alicyclic amines) is 1. The van der Waals surface area contributed by atoms with Gasteiger partial charge < -0.3 is 9.84 Å². The van der Waals surface area contributed by atoms with Gasteiger partial charge in [-0.3, -0.25) is 9.69 Å². The van der Waals surface area contributed by atoms with Crippen LogP contribution in [0.1, 0.15) is 58.6 Å². The van der Waals surface area contributed by atoms with Gasteiger partial charge in [0.1, 0.15) is 11.6 Å². The molecule has 4 rings (SSSR count). The molecule has 226 valence electrons. The Morgan fingerprint density at radius 2 is 1.66 bits per heavy atom. The van der Waals surface area contributed by atoms with E-state index in [0.29, 0.717) is 13.2 Å². The highest BCUT2D eigenvalue weighted by atomic mass is 32.2. The summed E-state index contributed by atoms with van der Waals surface area (Å²) in [6.07, 6.45) is -0.642. The number of carboxylic acid groups (broad SMARTS) is 1. The Kier molecular flexibility index (Phi) is 10.1. The summed E-state index contributed by atoms with van der Waals surface area (Å²) in [5, 5.41) is 7.12. The molecule has 0 atom stereocenters. The second-order valence-corrected chi connectivity index (χ2v) is 12.1. The van der Waals surface area contributed by atoms with Gasteiger partial charge in [-0.05, 0) is 85.6 Å². The van der Waals surface area contributed by atoms with E-state index in [0.717, 1.165) is 61.7 Å². The van der Waals surface area contributed by atoms with Crippen LogP contribution in [0.5, 0.6) is 0 Å². The number of carbonyl (C=O) groups excluding carboxylic acids is 1. The maximum absolute atomic E-state index is 14.8. The van der Waals surface area contributed by atoms with E-state index in [2.05, 4.69) is 4.90 Å². The summed E-state index contributed by atoms with van der Waals surface area (Å²) >= 11 is 0. The van der Waals surface area contributed by atoms with E-state index in [1.807, 2.05) is 16.9 Å². The molecule has 1 saturated carbocycles. The molecular formula is C27H31F5N2O6S. The van der Waals surface area contributed by atoms with Gasteiger partial charge in [-0.2, -0.15) is 13.2 Å². The molecule has 0 aromatic heterocycles. The fourth-order valence-corrected chi connectivity index (χ4v) is 5.36. The van der Waals surface area contributed by atoms with Crippen molar-refractivity contribution in [3.05, 3.63) is 70.3 Å². The van der Waals surface area contributed by atoms with Crippen LogP contribution in [0.25, 0.3) is 0 Å². The van der Waals surface area contributed by atoms with E-state index in [1.54, 1.807) is 7.11 Å². The molecule has 0 radical (unpaired) electrons. The first kappa shape index (κ1) is 32.4. The van der Waals surface area contributed by atoms with Crippen LogP contribution in [0.3, 0.4) is 0 Å². The molecule has 14 heteroatoms. The third kappa shape index (κ3) is 8.94. The quantitative estimate of drug-likeness (QED) is 0.430. The zero-order valence-electron chi connectivity index (χ0n) is 22.4. The van der Waals surface area contributed by atoms with Gasteiger partial charge >= 0.3 is 12.1 Å². The molecule has 41 heavy (non-hydrogen) atoms. The van der Waals surface area contributed by atoms with Crippen LogP contribution in [-0.4, -0.2) is 69.5 Å². The SMILES string of the molecule is COCC1(c2ccc(F)cc2)CCN(Cc2cc(F)c(C(=O)NS(C)(=O)=O)cc2C2CC2)CC1.O=C(O)C(F)(F)F. The second kappa shape index (κ2) is 12.8. The van der Waals surface area contributed by atoms with Crippen molar-refractivity contribution in [2.75, 3.05) is 33.1 Å². The molecule has 0 bridgehead atoms. The van der Waals surface area contributed by atoms with E-state index in [-0.39, 0.29) is 22.7 Å². The predicted molar refractivity (Wildman–Crippen MR) is 139 cm³/mol. The standard InChI is InChI=1S/C25H30F2N2O4S.C2HF3O2/c1-33-16-25(19-5-7-20(26)8-6-19)9-11-29(12-10-25)15-18-13-23(27)22(14-21(18)17-3-4-17)24(30)28-34(2,31)32;3-2(4,5)1(6)7/h5-8,13-14,17H,3-4,9-12,15-16H2,1-2H3,(H,28,30);(H,6,7). The predicted octanol–water partition coefficient (Wildman–Crippen LogP) is 4.35. The highest BCUT2D eigenvalue weighted by Crippen LogP contribution is 2.43. The number of amides is 1. The number of piperidine rings is 1. The second-order valence-electron chi connectivity index (χ2n) is 10.3. The lowest BCUT2D eigenvalue weighted by Crippen LogP contribution is -2.45. The van der Waals surface area contributed by atoms with Gasteiger partial charge in [-0.25, -0.2) is 26.7 Å². The van der Waals surface area contributed by atoms with Gasteiger partial charge in [-0.15, -0.1) is 0 Å². The largest absolute Gasteiger partial charge is 0.490 e. The number of sulfonamides is 1. The van der Waals surface area contributed by atoms with Gasteiger partial charge in [0, 0.05) is 19.1 Å². The Bertz CT molecular complexity index is 1350. The van der Waals surface area contributed by atoms with Crippen LogP contribution < -0.4 is 4.72 Å². The highest BCUT2D eigenvalue weighted by Gasteiger charge is 2.39. The topological polar surface area (TPSA) is 113 Å². The zero-order valence-corrected chi connectivity index (χ0v) is 23.2. The summed E-state index contributed by atoms with van der Waals surface area (Å²) in [5.41, 5.74) is 2.35. The number of benzene rings is 2. The number of methoxy groups -OCH3 is 1. The zero-order chi connectivity index (χ0) is 30.6. The van der Waals surface area contributed by atoms with Crippen LogP contribution in [0.4, 0.5) is 22.0 Å². The Hall–Kier alpha value is -3.10. The molecule has 1 amide bonds. The molecule has 1 heterocycles. The minimum absolute atomic E-state index is 0.197. The first-order valence-corrected chi connectivity index (χ1v) is 14.6. The van der Waals surface area contributed by atoms with E-state index in [4.69, 9.17) is 14.6 Å². The summed E-state index contributed by atoms with van der Waals surface area (Å²) in [4.78, 5) is 23.4. The van der Waals surface area contributed by atoms with E-state index < -0.39 is 33.9 Å². The number of ether oxygens (including phenoxy) is 1. The molecule has 8 nitrogen and oxygen atoms in total. The Morgan fingerprint density at radius 3 is 2.12 bits per heavy atom. The number of alkyl halides is 3. The Balaban J connectivity index is 0.000000587. The summed E-state index contributed by atoms with van der Waals surface area (Å²) in [5.74, 6) is -4.44. The summed E-state index contributed by atoms with van der Waals surface area (Å²) < 4.78 is 90.2. The summed E-state index contributed by atoms with van der Waals surface area (Å²) in [7, 11) is -2.11. The summed E-state index contributed by atoms with van der Waals surface area (Å²) in [6, 6.07) is 9.49. The Labute approximate surface area is 234 Å². The van der Waals surface area contributed by atoms with Gasteiger partial charge in [0.25, 0.3) is 5.91 Å². The van der Waals surface area contributed by atoms with Crippen LogP contribution in [0.15, 0.2) is 36.4 Å². The average molecular weight is 607 g/mol. The lowest BCUT2D eigenvalue weighted by molar-refractivity contribution is -0.192. The van der Waals surface area contributed by atoms with Crippen LogP contribution >= 0.6 is 0 Å². The van der Waals surface area contributed by atoms with Crippen molar-refractivity contribution in [2.24, 2.45) is 0 Å². The van der Waals surface area contributed by atoms with Crippen molar-refractivity contribution in [1.82, 2.24) is 9.62 Å². The van der Waals surface area contributed by atoms with Crippen molar-refractivity contribution in [3.63, 3.8) is 0 Å². The molecular weight excluding hydrogens is 575 g/mol. The number of hydrogen-bond acceptors (Lipinski definition) is 6. The van der Waals surface area contributed by atoms with Gasteiger partial charge in [0.15, 0.2) is 0 Å². The van der Waals surface area contributed by atoms with Crippen molar-refractivity contribution in [1.29, 1.82) is 0 Å². The summed E-state index contributed by atoms with van der Waals surface area (Å²) in [6.45, 7) is 2.62. The lowest BCUT2D eigenvalue weighted by atomic mass is 9.73. The molecule has 2 aromatic carbocycles. The molecule has 2 fully saturated rings. The maximum Gasteiger partial charge on any atom is 0.490 e. The normalized spacial score (nSPS) is 17.3. The fourth-order valence-electron chi connectivity index (χ4n) is 4.92. The van der Waals surface area contributed by atoms with Gasteiger partial charge in [0.2, 0.25) is 10.0 Å². The molecule has 1 aliphatic carbocycles. The maximum atomic E-state index is 14.8. The minimum atomic E-state index is -5.08. The first-order chi connectivity index (χ1) is 19.0. The average Bonchev–Trinajstić information content (AvgIpc) is 3.70. The van der Waals surface area contributed by atoms with Crippen molar-refractivity contribution in [3.8, 4) is 0 Å². The first-order valence-electron chi connectivity index (χ1n) is 12.7. The van der Waals surface area contributed by atoms with Crippen LogP contribution in [0, 0.1) is 11.6 Å². The molecule has 0 spiro atoms. The van der Waals surface area contributed by atoms with Crippen LogP contribution in [0.2, 0.25) is 0 Å². The highest BCUT2D eigenvalue weighted by molar-refractivity contribution is 7.89. The Morgan fingerprint density at radius 1 is 1.10 bits per heavy atom. The van der Waals surface area contributed by atoms with E-state index in [1.165, 1.54) is 24.3 Å². The number of halogens is 5. The number of nitrogens with zero attached hydrogens (tertiary/aromatic N) is 1. The molecule has 2 aliphatic rings. The van der Waals surface area contributed by atoms with Crippen molar-refractivity contribution >= 4 is 21.9 Å². The number of hydrogen-bond donors (Lipinski definition) is 2. The molecule has 0 unspecified atom stereocenters. The number of rotatable bonds is 8. The number of carbonyl (C=O) groups is 2. The molecule has 2 aromatic rings. The number of carboxylic acids is 1. The van der Waals surface area contributed by atoms with Crippen molar-refractivity contribution < 1.29 is 49.8 Å². The fraction of sp³-hybridized carbons (Fsp3) is 0.481. The number of nitrogens with one attached hydrogen (secondary N) is 1. The third-order valence-electron chi connectivity index (χ3n) is 7.10. The van der Waals surface area contributed by atoms with Gasteiger partial charge in [0.05, 0.1) is 18.4 Å². The minimum Gasteiger partial charge on any atom is -0.475 e.